The quantitative estimate of drug-likeness (QED) is 0.863. The lowest BCUT2D eigenvalue weighted by Gasteiger charge is -2.14. The minimum absolute atomic E-state index is 0.0595. The van der Waals surface area contributed by atoms with Gasteiger partial charge in [0.05, 0.1) is 16.3 Å². The van der Waals surface area contributed by atoms with Crippen LogP contribution >= 0.6 is 11.6 Å². The number of aromatic nitrogens is 1. The van der Waals surface area contributed by atoms with Crippen molar-refractivity contribution in [2.75, 3.05) is 13.1 Å². The lowest BCUT2D eigenvalue weighted by Crippen LogP contribution is -2.22. The van der Waals surface area contributed by atoms with Crippen LogP contribution in [-0.4, -0.2) is 18.1 Å². The molecule has 3 nitrogen and oxygen atoms in total. The van der Waals surface area contributed by atoms with Gasteiger partial charge in [-0.25, -0.2) is 0 Å². The molecule has 0 aromatic carbocycles. The SMILES string of the molecule is NCC(CN)c1ncc(C(F)(F)F)cc1Cl. The zero-order valence-corrected chi connectivity index (χ0v) is 9.02. The van der Waals surface area contributed by atoms with Gasteiger partial charge in [-0.1, -0.05) is 11.6 Å². The second-order valence-electron chi connectivity index (χ2n) is 3.26. The Labute approximate surface area is 95.6 Å². The molecule has 4 N–H and O–H groups in total. The minimum atomic E-state index is -4.45. The fourth-order valence-electron chi connectivity index (χ4n) is 1.22. The first-order chi connectivity index (χ1) is 7.40. The van der Waals surface area contributed by atoms with E-state index in [-0.39, 0.29) is 24.0 Å². The van der Waals surface area contributed by atoms with Crippen molar-refractivity contribution < 1.29 is 13.2 Å². The van der Waals surface area contributed by atoms with E-state index in [0.717, 1.165) is 12.3 Å². The molecule has 0 aliphatic carbocycles. The molecule has 0 saturated heterocycles. The van der Waals surface area contributed by atoms with E-state index in [0.29, 0.717) is 5.69 Å². The molecule has 16 heavy (non-hydrogen) atoms. The van der Waals surface area contributed by atoms with Crippen LogP contribution in [0.15, 0.2) is 12.3 Å². The summed E-state index contributed by atoms with van der Waals surface area (Å²) in [5.74, 6) is -0.324. The molecule has 0 unspecified atom stereocenters. The van der Waals surface area contributed by atoms with Gasteiger partial charge in [-0.15, -0.1) is 0 Å². The number of hydrogen-bond acceptors (Lipinski definition) is 3. The summed E-state index contributed by atoms with van der Waals surface area (Å²) < 4.78 is 36.9. The standard InChI is InChI=1S/C9H11ClF3N3/c10-7-1-6(9(11,12)13)4-16-8(7)5(2-14)3-15/h1,4-5H,2-3,14-15H2. The highest BCUT2D eigenvalue weighted by Gasteiger charge is 2.32. The van der Waals surface area contributed by atoms with Crippen molar-refractivity contribution in [3.63, 3.8) is 0 Å². The first-order valence-electron chi connectivity index (χ1n) is 4.53. The fourth-order valence-corrected chi connectivity index (χ4v) is 1.54. The van der Waals surface area contributed by atoms with Gasteiger partial charge in [-0.05, 0) is 6.07 Å². The average molecular weight is 254 g/mol. The van der Waals surface area contributed by atoms with E-state index in [2.05, 4.69) is 4.98 Å². The van der Waals surface area contributed by atoms with Crippen molar-refractivity contribution in [2.24, 2.45) is 11.5 Å². The topological polar surface area (TPSA) is 64.9 Å². The van der Waals surface area contributed by atoms with Crippen molar-refractivity contribution >= 4 is 11.6 Å². The second-order valence-corrected chi connectivity index (χ2v) is 3.66. The highest BCUT2D eigenvalue weighted by atomic mass is 35.5. The van der Waals surface area contributed by atoms with Gasteiger partial charge in [0, 0.05) is 25.2 Å². The van der Waals surface area contributed by atoms with Crippen LogP contribution in [0.25, 0.3) is 0 Å². The van der Waals surface area contributed by atoms with Crippen molar-refractivity contribution in [2.45, 2.75) is 12.1 Å². The molecule has 0 amide bonds. The van der Waals surface area contributed by atoms with Crippen LogP contribution in [0.2, 0.25) is 5.02 Å². The van der Waals surface area contributed by atoms with Crippen LogP contribution in [0, 0.1) is 0 Å². The number of pyridine rings is 1. The van der Waals surface area contributed by atoms with E-state index in [4.69, 9.17) is 23.1 Å². The molecule has 1 heterocycles. The smallest absolute Gasteiger partial charge is 0.330 e. The lowest BCUT2D eigenvalue weighted by atomic mass is 10.0. The van der Waals surface area contributed by atoms with Crippen molar-refractivity contribution in [1.29, 1.82) is 0 Å². The number of halogens is 4. The molecule has 0 radical (unpaired) electrons. The molecule has 0 aliphatic heterocycles. The average Bonchev–Trinajstić information content (AvgIpc) is 2.20. The fraction of sp³-hybridized carbons (Fsp3) is 0.444. The molecule has 1 aromatic heterocycles. The third kappa shape index (κ3) is 2.84. The van der Waals surface area contributed by atoms with E-state index < -0.39 is 11.7 Å². The van der Waals surface area contributed by atoms with Gasteiger partial charge in [0.1, 0.15) is 0 Å². The third-order valence-electron chi connectivity index (χ3n) is 2.15. The van der Waals surface area contributed by atoms with E-state index in [9.17, 15) is 13.2 Å². The van der Waals surface area contributed by atoms with Crippen LogP contribution in [0.4, 0.5) is 13.2 Å². The van der Waals surface area contributed by atoms with E-state index >= 15 is 0 Å². The minimum Gasteiger partial charge on any atom is -0.330 e. The maximum Gasteiger partial charge on any atom is 0.417 e. The van der Waals surface area contributed by atoms with Crippen molar-refractivity contribution in [1.82, 2.24) is 4.98 Å². The Kier molecular flexibility index (Phi) is 4.12. The van der Waals surface area contributed by atoms with Gasteiger partial charge in [0.25, 0.3) is 0 Å². The van der Waals surface area contributed by atoms with Crippen LogP contribution < -0.4 is 11.5 Å². The second kappa shape index (κ2) is 4.99. The molecule has 7 heteroatoms. The molecule has 90 valence electrons. The summed E-state index contributed by atoms with van der Waals surface area (Å²) in [6, 6.07) is 0.836. The molecule has 0 atom stereocenters. The third-order valence-corrected chi connectivity index (χ3v) is 2.46. The Hall–Kier alpha value is -0.850. The largest absolute Gasteiger partial charge is 0.417 e. The predicted octanol–water partition coefficient (Wildman–Crippen LogP) is 1.75. The molecule has 0 spiro atoms. The van der Waals surface area contributed by atoms with E-state index in [1.165, 1.54) is 0 Å². The summed E-state index contributed by atoms with van der Waals surface area (Å²) in [7, 11) is 0. The van der Waals surface area contributed by atoms with E-state index in [1.807, 2.05) is 0 Å². The van der Waals surface area contributed by atoms with Crippen LogP contribution in [0.3, 0.4) is 0 Å². The molecule has 0 bridgehead atoms. The normalized spacial score (nSPS) is 12.2. The summed E-state index contributed by atoms with van der Waals surface area (Å²) in [5.41, 5.74) is 10.2. The van der Waals surface area contributed by atoms with Crippen molar-refractivity contribution in [3.05, 3.63) is 28.5 Å². The molecule has 1 rings (SSSR count). The molecule has 0 aliphatic rings. The van der Waals surface area contributed by atoms with Gasteiger partial charge >= 0.3 is 6.18 Å². The molecule has 0 saturated carbocycles. The Morgan fingerprint density at radius 2 is 1.88 bits per heavy atom. The first kappa shape index (κ1) is 13.2. The summed E-state index contributed by atoms with van der Waals surface area (Å²) >= 11 is 5.71. The zero-order chi connectivity index (χ0) is 12.3. The summed E-state index contributed by atoms with van der Waals surface area (Å²) in [5, 5.41) is -0.0595. The maximum atomic E-state index is 12.3. The van der Waals surface area contributed by atoms with Gasteiger partial charge in [0.15, 0.2) is 0 Å². The lowest BCUT2D eigenvalue weighted by molar-refractivity contribution is -0.137. The Balaban J connectivity index is 3.09. The monoisotopic (exact) mass is 253 g/mol. The highest BCUT2D eigenvalue weighted by molar-refractivity contribution is 6.31. The Morgan fingerprint density at radius 1 is 1.31 bits per heavy atom. The number of nitrogens with two attached hydrogens (primary N) is 2. The first-order valence-corrected chi connectivity index (χ1v) is 4.90. The summed E-state index contributed by atoms with van der Waals surface area (Å²) in [6.45, 7) is 0.378. The Morgan fingerprint density at radius 3 is 2.25 bits per heavy atom. The molecule has 0 fully saturated rings. The van der Waals surface area contributed by atoms with Crippen molar-refractivity contribution in [3.8, 4) is 0 Å². The van der Waals surface area contributed by atoms with Gasteiger partial charge in [0.2, 0.25) is 0 Å². The number of nitrogens with zero attached hydrogens (tertiary/aromatic N) is 1. The van der Waals surface area contributed by atoms with Crippen LogP contribution in [0.1, 0.15) is 17.2 Å². The summed E-state index contributed by atoms with van der Waals surface area (Å²) in [6.07, 6.45) is -3.71. The number of alkyl halides is 3. The number of hydrogen-bond donors (Lipinski definition) is 2. The van der Waals surface area contributed by atoms with Gasteiger partial charge < -0.3 is 11.5 Å². The zero-order valence-electron chi connectivity index (χ0n) is 8.26. The van der Waals surface area contributed by atoms with Crippen LogP contribution in [-0.2, 0) is 6.18 Å². The predicted molar refractivity (Wildman–Crippen MR) is 55.1 cm³/mol. The molecule has 1 aromatic rings. The van der Waals surface area contributed by atoms with Gasteiger partial charge in [-0.3, -0.25) is 4.98 Å². The maximum absolute atomic E-state index is 12.3. The van der Waals surface area contributed by atoms with Gasteiger partial charge in [-0.2, -0.15) is 13.2 Å². The van der Waals surface area contributed by atoms with Crippen LogP contribution in [0.5, 0.6) is 0 Å². The molecular weight excluding hydrogens is 243 g/mol. The summed E-state index contributed by atoms with van der Waals surface area (Å²) in [4.78, 5) is 3.67. The van der Waals surface area contributed by atoms with E-state index in [1.54, 1.807) is 0 Å². The Bertz CT molecular complexity index is 364. The number of rotatable bonds is 3. The highest BCUT2D eigenvalue weighted by Crippen LogP contribution is 2.32. The molecular formula is C9H11ClF3N3.